The second-order valence-electron chi connectivity index (χ2n) is 5.58. The van der Waals surface area contributed by atoms with Gasteiger partial charge in [0.15, 0.2) is 0 Å². The number of benzene rings is 1. The molecule has 0 saturated carbocycles. The van der Waals surface area contributed by atoms with Crippen molar-refractivity contribution in [3.8, 4) is 0 Å². The normalized spacial score (nSPS) is 16.6. The van der Waals surface area contributed by atoms with Crippen molar-refractivity contribution in [3.05, 3.63) is 29.8 Å². The van der Waals surface area contributed by atoms with Crippen LogP contribution >= 0.6 is 0 Å². The van der Waals surface area contributed by atoms with Crippen molar-refractivity contribution < 1.29 is 9.59 Å². The van der Waals surface area contributed by atoms with E-state index >= 15 is 0 Å². The standard InChI is InChI=1S/C16H23N3O2/c1-4-19(11-15(20)18(2)3)16(21)13-9-12-7-5-6-8-14(12)17-10-13/h5-8,13,17H,4,9-11H2,1-3H3. The summed E-state index contributed by atoms with van der Waals surface area (Å²) in [5, 5.41) is 3.31. The van der Waals surface area contributed by atoms with Crippen LogP contribution in [0, 0.1) is 5.92 Å². The Morgan fingerprint density at radius 3 is 2.67 bits per heavy atom. The van der Waals surface area contributed by atoms with E-state index in [1.54, 1.807) is 19.0 Å². The van der Waals surface area contributed by atoms with Crippen LogP contribution < -0.4 is 5.32 Å². The predicted octanol–water partition coefficient (Wildman–Crippen LogP) is 1.21. The van der Waals surface area contributed by atoms with Gasteiger partial charge in [-0.3, -0.25) is 9.59 Å². The van der Waals surface area contributed by atoms with Gasteiger partial charge in [0.25, 0.3) is 0 Å². The van der Waals surface area contributed by atoms with Crippen molar-refractivity contribution in [3.63, 3.8) is 0 Å². The van der Waals surface area contributed by atoms with Gasteiger partial charge in [0, 0.05) is 32.9 Å². The van der Waals surface area contributed by atoms with Gasteiger partial charge < -0.3 is 15.1 Å². The third-order valence-electron chi connectivity index (χ3n) is 3.89. The van der Waals surface area contributed by atoms with Gasteiger partial charge in [0.1, 0.15) is 0 Å². The molecule has 0 aromatic heterocycles. The zero-order chi connectivity index (χ0) is 15.4. The number of hydrogen-bond acceptors (Lipinski definition) is 3. The zero-order valence-electron chi connectivity index (χ0n) is 12.9. The third-order valence-corrected chi connectivity index (χ3v) is 3.89. The molecule has 2 amide bonds. The first-order chi connectivity index (χ1) is 10.0. The summed E-state index contributed by atoms with van der Waals surface area (Å²) in [6, 6.07) is 8.05. The van der Waals surface area contributed by atoms with E-state index in [1.165, 1.54) is 4.90 Å². The van der Waals surface area contributed by atoms with Crippen LogP contribution in [-0.4, -0.2) is 55.3 Å². The lowest BCUT2D eigenvalue weighted by atomic mass is 9.93. The van der Waals surface area contributed by atoms with Gasteiger partial charge in [-0.15, -0.1) is 0 Å². The average Bonchev–Trinajstić information content (AvgIpc) is 2.51. The molecule has 1 aromatic rings. The third kappa shape index (κ3) is 3.54. The minimum absolute atomic E-state index is 0.0469. The summed E-state index contributed by atoms with van der Waals surface area (Å²) in [6.07, 6.45) is 0.731. The van der Waals surface area contributed by atoms with Crippen LogP contribution in [0.2, 0.25) is 0 Å². The van der Waals surface area contributed by atoms with Crippen molar-refractivity contribution in [1.29, 1.82) is 0 Å². The quantitative estimate of drug-likeness (QED) is 0.906. The highest BCUT2D eigenvalue weighted by Gasteiger charge is 2.28. The van der Waals surface area contributed by atoms with E-state index in [9.17, 15) is 9.59 Å². The van der Waals surface area contributed by atoms with Gasteiger partial charge in [0.2, 0.25) is 11.8 Å². The number of nitrogens with zero attached hydrogens (tertiary/aromatic N) is 2. The Morgan fingerprint density at radius 2 is 2.00 bits per heavy atom. The van der Waals surface area contributed by atoms with E-state index in [4.69, 9.17) is 0 Å². The van der Waals surface area contributed by atoms with Crippen LogP contribution in [-0.2, 0) is 16.0 Å². The molecule has 1 aliphatic heterocycles. The Kier molecular flexibility index (Phi) is 4.83. The smallest absolute Gasteiger partial charge is 0.241 e. The van der Waals surface area contributed by atoms with Crippen LogP contribution in [0.15, 0.2) is 24.3 Å². The Hall–Kier alpha value is -2.04. The van der Waals surface area contributed by atoms with Crippen molar-refractivity contribution in [1.82, 2.24) is 9.80 Å². The first-order valence-electron chi connectivity index (χ1n) is 7.33. The maximum absolute atomic E-state index is 12.6. The highest BCUT2D eigenvalue weighted by molar-refractivity contribution is 5.86. The fourth-order valence-corrected chi connectivity index (χ4v) is 2.52. The van der Waals surface area contributed by atoms with E-state index in [2.05, 4.69) is 5.32 Å². The zero-order valence-corrected chi connectivity index (χ0v) is 12.9. The maximum atomic E-state index is 12.6. The lowest BCUT2D eigenvalue weighted by Crippen LogP contribution is -2.45. The Balaban J connectivity index is 2.04. The molecule has 5 nitrogen and oxygen atoms in total. The molecule has 0 saturated heterocycles. The summed E-state index contributed by atoms with van der Waals surface area (Å²) < 4.78 is 0. The number of carbonyl (C=O) groups is 2. The number of likely N-dealkylation sites (N-methyl/N-ethyl adjacent to an activating group) is 2. The predicted molar refractivity (Wildman–Crippen MR) is 83.1 cm³/mol. The molecule has 0 radical (unpaired) electrons. The van der Waals surface area contributed by atoms with Crippen LogP contribution in [0.25, 0.3) is 0 Å². The summed E-state index contributed by atoms with van der Waals surface area (Å²) in [5.41, 5.74) is 2.27. The van der Waals surface area contributed by atoms with Gasteiger partial charge in [-0.1, -0.05) is 18.2 Å². The minimum atomic E-state index is -0.102. The Morgan fingerprint density at radius 1 is 1.29 bits per heavy atom. The highest BCUT2D eigenvalue weighted by Crippen LogP contribution is 2.25. The Labute approximate surface area is 125 Å². The van der Waals surface area contributed by atoms with E-state index in [0.717, 1.165) is 17.7 Å². The number of carbonyl (C=O) groups excluding carboxylic acids is 2. The topological polar surface area (TPSA) is 52.7 Å². The van der Waals surface area contributed by atoms with Crippen LogP contribution in [0.1, 0.15) is 12.5 Å². The van der Waals surface area contributed by atoms with Crippen LogP contribution in [0.4, 0.5) is 5.69 Å². The first-order valence-corrected chi connectivity index (χ1v) is 7.33. The lowest BCUT2D eigenvalue weighted by Gasteiger charge is -2.30. The molecule has 5 heteroatoms. The molecule has 1 unspecified atom stereocenters. The molecule has 1 aromatic carbocycles. The fourth-order valence-electron chi connectivity index (χ4n) is 2.52. The monoisotopic (exact) mass is 289 g/mol. The number of rotatable bonds is 4. The first kappa shape index (κ1) is 15.4. The maximum Gasteiger partial charge on any atom is 0.241 e. The van der Waals surface area contributed by atoms with Crippen LogP contribution in [0.5, 0.6) is 0 Å². The summed E-state index contributed by atoms with van der Waals surface area (Å²) in [4.78, 5) is 27.6. The number of hydrogen-bond donors (Lipinski definition) is 1. The molecular formula is C16H23N3O2. The molecule has 0 fully saturated rings. The summed E-state index contributed by atoms with van der Waals surface area (Å²) in [5.74, 6) is -0.0983. The summed E-state index contributed by atoms with van der Waals surface area (Å²) in [6.45, 7) is 3.24. The van der Waals surface area contributed by atoms with Gasteiger partial charge in [-0.05, 0) is 25.0 Å². The van der Waals surface area contributed by atoms with Crippen LogP contribution in [0.3, 0.4) is 0 Å². The molecule has 1 heterocycles. The number of fused-ring (bicyclic) bond motifs is 1. The van der Waals surface area contributed by atoms with E-state index < -0.39 is 0 Å². The van der Waals surface area contributed by atoms with E-state index in [1.807, 2.05) is 31.2 Å². The molecule has 21 heavy (non-hydrogen) atoms. The minimum Gasteiger partial charge on any atom is -0.384 e. The molecule has 1 aliphatic rings. The number of nitrogens with one attached hydrogen (secondary N) is 1. The molecule has 0 aliphatic carbocycles. The second kappa shape index (κ2) is 6.61. The summed E-state index contributed by atoms with van der Waals surface area (Å²) in [7, 11) is 3.41. The van der Waals surface area contributed by atoms with Crippen molar-refractivity contribution in [2.45, 2.75) is 13.3 Å². The van der Waals surface area contributed by atoms with Crippen molar-refractivity contribution >= 4 is 17.5 Å². The fraction of sp³-hybridized carbons (Fsp3) is 0.500. The lowest BCUT2D eigenvalue weighted by molar-refractivity contribution is -0.141. The van der Waals surface area contributed by atoms with Crippen molar-refractivity contribution in [2.24, 2.45) is 5.92 Å². The molecule has 1 atom stereocenters. The van der Waals surface area contributed by atoms with E-state index in [0.29, 0.717) is 13.1 Å². The average molecular weight is 289 g/mol. The molecule has 114 valence electrons. The van der Waals surface area contributed by atoms with Gasteiger partial charge in [-0.2, -0.15) is 0 Å². The largest absolute Gasteiger partial charge is 0.384 e. The number of para-hydroxylation sites is 1. The van der Waals surface area contributed by atoms with Crippen molar-refractivity contribution in [2.75, 3.05) is 39.0 Å². The second-order valence-corrected chi connectivity index (χ2v) is 5.58. The van der Waals surface area contributed by atoms with Gasteiger partial charge >= 0.3 is 0 Å². The van der Waals surface area contributed by atoms with E-state index in [-0.39, 0.29) is 24.3 Å². The number of amides is 2. The molecule has 2 rings (SSSR count). The van der Waals surface area contributed by atoms with Gasteiger partial charge in [0.05, 0.1) is 12.5 Å². The molecule has 0 spiro atoms. The number of anilines is 1. The SMILES string of the molecule is CCN(CC(=O)N(C)C)C(=O)C1CNc2ccccc2C1. The summed E-state index contributed by atoms with van der Waals surface area (Å²) >= 11 is 0. The molecule has 0 bridgehead atoms. The van der Waals surface area contributed by atoms with Gasteiger partial charge in [-0.25, -0.2) is 0 Å². The Bertz CT molecular complexity index is 528. The molecular weight excluding hydrogens is 266 g/mol. The highest BCUT2D eigenvalue weighted by atomic mass is 16.2. The molecule has 1 N–H and O–H groups in total.